The van der Waals surface area contributed by atoms with Crippen molar-refractivity contribution < 1.29 is 9.13 Å². The molecule has 1 heterocycles. The lowest BCUT2D eigenvalue weighted by atomic mass is 10.1. The molecule has 6 heteroatoms. The van der Waals surface area contributed by atoms with Crippen molar-refractivity contribution in [3.05, 3.63) is 35.8 Å². The van der Waals surface area contributed by atoms with Gasteiger partial charge in [-0.15, -0.1) is 0 Å². The molecule has 0 radical (unpaired) electrons. The maximum atomic E-state index is 13.2. The predicted octanol–water partition coefficient (Wildman–Crippen LogP) is 2.44. The normalized spacial score (nSPS) is 13.3. The quantitative estimate of drug-likeness (QED) is 0.542. The van der Waals surface area contributed by atoms with Gasteiger partial charge in [-0.3, -0.25) is 4.99 Å². The number of fused-ring (bicyclic) bond motifs is 1. The molecule has 0 aliphatic heterocycles. The van der Waals surface area contributed by atoms with Gasteiger partial charge < -0.3 is 20.4 Å². The van der Waals surface area contributed by atoms with Crippen molar-refractivity contribution in [1.29, 1.82) is 0 Å². The lowest BCUT2D eigenvalue weighted by Crippen LogP contribution is -2.44. The number of H-pyrrole nitrogens is 1. The van der Waals surface area contributed by atoms with Gasteiger partial charge in [-0.2, -0.15) is 0 Å². The zero-order valence-corrected chi connectivity index (χ0v) is 13.9. The Morgan fingerprint density at radius 3 is 3.00 bits per heavy atom. The van der Waals surface area contributed by atoms with Crippen LogP contribution in [0.5, 0.6) is 0 Å². The molecule has 1 aromatic carbocycles. The summed E-state index contributed by atoms with van der Waals surface area (Å²) in [5.74, 6) is 0.553. The first-order chi connectivity index (χ1) is 11.1. The third kappa shape index (κ3) is 4.96. The van der Waals surface area contributed by atoms with E-state index >= 15 is 0 Å². The molecule has 1 aromatic heterocycles. The van der Waals surface area contributed by atoms with Gasteiger partial charge in [0.15, 0.2) is 5.96 Å². The van der Waals surface area contributed by atoms with Crippen LogP contribution in [0.4, 0.5) is 4.39 Å². The third-order valence-corrected chi connectivity index (χ3v) is 3.52. The monoisotopic (exact) mass is 320 g/mol. The molecule has 0 saturated heterocycles. The van der Waals surface area contributed by atoms with Crippen LogP contribution in [0.25, 0.3) is 10.9 Å². The number of rotatable bonds is 7. The predicted molar refractivity (Wildman–Crippen MR) is 92.4 cm³/mol. The topological polar surface area (TPSA) is 61.4 Å². The number of hydrogen-bond donors (Lipinski definition) is 3. The number of halogens is 1. The van der Waals surface area contributed by atoms with Crippen molar-refractivity contribution in [1.82, 2.24) is 15.6 Å². The van der Waals surface area contributed by atoms with Crippen LogP contribution in [-0.4, -0.2) is 43.8 Å². The second kappa shape index (κ2) is 8.53. The molecular formula is C17H25FN4O. The summed E-state index contributed by atoms with van der Waals surface area (Å²) in [7, 11) is 1.68. The van der Waals surface area contributed by atoms with Crippen molar-refractivity contribution in [2.24, 2.45) is 4.99 Å². The highest BCUT2D eigenvalue weighted by Crippen LogP contribution is 2.19. The summed E-state index contributed by atoms with van der Waals surface area (Å²) in [6.07, 6.45) is 2.72. The highest BCUT2D eigenvalue weighted by molar-refractivity contribution is 5.83. The number of aromatic amines is 1. The highest BCUT2D eigenvalue weighted by atomic mass is 19.1. The minimum atomic E-state index is -0.227. The molecule has 0 aliphatic rings. The minimum absolute atomic E-state index is 0.189. The van der Waals surface area contributed by atoms with Gasteiger partial charge in [-0.05, 0) is 44.0 Å². The Bertz CT molecular complexity index is 653. The molecule has 0 aliphatic carbocycles. The summed E-state index contributed by atoms with van der Waals surface area (Å²) in [4.78, 5) is 7.69. The van der Waals surface area contributed by atoms with E-state index in [1.165, 1.54) is 12.1 Å². The second-order valence-electron chi connectivity index (χ2n) is 5.52. The van der Waals surface area contributed by atoms with E-state index < -0.39 is 0 Å². The van der Waals surface area contributed by atoms with Crippen molar-refractivity contribution in [3.63, 3.8) is 0 Å². The van der Waals surface area contributed by atoms with Crippen molar-refractivity contribution in [3.8, 4) is 0 Å². The van der Waals surface area contributed by atoms with Crippen LogP contribution in [0.1, 0.15) is 19.4 Å². The van der Waals surface area contributed by atoms with E-state index in [9.17, 15) is 4.39 Å². The van der Waals surface area contributed by atoms with Gasteiger partial charge in [-0.25, -0.2) is 4.39 Å². The molecule has 1 atom stereocenters. The molecule has 1 unspecified atom stereocenters. The number of ether oxygens (including phenoxy) is 1. The summed E-state index contributed by atoms with van der Waals surface area (Å²) in [5.41, 5.74) is 1.97. The molecule has 126 valence electrons. The Morgan fingerprint density at radius 1 is 1.43 bits per heavy atom. The molecule has 0 bridgehead atoms. The van der Waals surface area contributed by atoms with Crippen molar-refractivity contribution in [2.75, 3.05) is 26.8 Å². The Morgan fingerprint density at radius 2 is 2.26 bits per heavy atom. The number of aromatic nitrogens is 1. The maximum Gasteiger partial charge on any atom is 0.191 e. The van der Waals surface area contributed by atoms with Gasteiger partial charge in [0.25, 0.3) is 0 Å². The third-order valence-electron chi connectivity index (χ3n) is 3.52. The fourth-order valence-corrected chi connectivity index (χ4v) is 2.50. The fraction of sp³-hybridized carbons (Fsp3) is 0.471. The molecule has 2 rings (SSSR count). The first kappa shape index (κ1) is 17.3. The Labute approximate surface area is 136 Å². The maximum absolute atomic E-state index is 13.2. The van der Waals surface area contributed by atoms with Gasteiger partial charge in [0, 0.05) is 43.3 Å². The van der Waals surface area contributed by atoms with E-state index in [0.29, 0.717) is 13.2 Å². The lowest BCUT2D eigenvalue weighted by molar-refractivity contribution is 0.179. The molecule has 0 spiro atoms. The van der Waals surface area contributed by atoms with Crippen molar-refractivity contribution >= 4 is 16.9 Å². The van der Waals surface area contributed by atoms with E-state index in [0.717, 1.165) is 35.4 Å². The van der Waals surface area contributed by atoms with Crippen LogP contribution in [0, 0.1) is 5.82 Å². The number of methoxy groups -OCH3 is 1. The zero-order chi connectivity index (χ0) is 16.7. The first-order valence-corrected chi connectivity index (χ1v) is 7.93. The van der Waals surface area contributed by atoms with Gasteiger partial charge in [0.1, 0.15) is 5.82 Å². The molecule has 0 amide bonds. The number of guanidine groups is 1. The standard InChI is InChI=1S/C17H25FN4O/c1-4-19-17(22-12(2)11-23-3)20-8-7-13-10-21-16-9-14(18)5-6-15(13)16/h5-6,9-10,12,21H,4,7-8,11H2,1-3H3,(H2,19,20,22). The van der Waals surface area contributed by atoms with Gasteiger partial charge >= 0.3 is 0 Å². The van der Waals surface area contributed by atoms with Crippen LogP contribution in [-0.2, 0) is 11.2 Å². The molecule has 3 N–H and O–H groups in total. The molecule has 2 aromatic rings. The summed E-state index contributed by atoms with van der Waals surface area (Å²) in [5, 5.41) is 7.57. The van der Waals surface area contributed by atoms with Crippen LogP contribution >= 0.6 is 0 Å². The molecule has 5 nitrogen and oxygen atoms in total. The molecular weight excluding hydrogens is 295 g/mol. The number of hydrogen-bond acceptors (Lipinski definition) is 2. The number of benzene rings is 1. The van der Waals surface area contributed by atoms with Crippen LogP contribution in [0.3, 0.4) is 0 Å². The van der Waals surface area contributed by atoms with Crippen LogP contribution in [0.2, 0.25) is 0 Å². The average molecular weight is 320 g/mol. The van der Waals surface area contributed by atoms with E-state index in [1.54, 1.807) is 7.11 Å². The van der Waals surface area contributed by atoms with E-state index in [-0.39, 0.29) is 11.9 Å². The largest absolute Gasteiger partial charge is 0.383 e. The van der Waals surface area contributed by atoms with Gasteiger partial charge in [0.2, 0.25) is 0 Å². The summed E-state index contributed by atoms with van der Waals surface area (Å²) >= 11 is 0. The summed E-state index contributed by atoms with van der Waals surface area (Å²) < 4.78 is 18.3. The Hall–Kier alpha value is -2.08. The fourth-order valence-electron chi connectivity index (χ4n) is 2.50. The summed E-state index contributed by atoms with van der Waals surface area (Å²) in [6.45, 7) is 6.16. The SMILES string of the molecule is CCNC(=NCCc1c[nH]c2cc(F)ccc12)NC(C)COC. The van der Waals surface area contributed by atoms with E-state index in [4.69, 9.17) is 4.74 Å². The lowest BCUT2D eigenvalue weighted by Gasteiger charge is -2.16. The van der Waals surface area contributed by atoms with Gasteiger partial charge in [-0.1, -0.05) is 0 Å². The van der Waals surface area contributed by atoms with Crippen LogP contribution < -0.4 is 10.6 Å². The highest BCUT2D eigenvalue weighted by Gasteiger charge is 2.06. The van der Waals surface area contributed by atoms with Gasteiger partial charge in [0.05, 0.1) is 6.61 Å². The Balaban J connectivity index is 1.98. The van der Waals surface area contributed by atoms with E-state index in [2.05, 4.69) is 20.6 Å². The minimum Gasteiger partial charge on any atom is -0.383 e. The Kier molecular flexibility index (Phi) is 6.40. The molecule has 0 fully saturated rings. The number of aliphatic imine (C=N–C) groups is 1. The average Bonchev–Trinajstić information content (AvgIpc) is 2.90. The summed E-state index contributed by atoms with van der Waals surface area (Å²) in [6, 6.07) is 5.00. The van der Waals surface area contributed by atoms with Crippen LogP contribution in [0.15, 0.2) is 29.4 Å². The number of nitrogens with zero attached hydrogens (tertiary/aromatic N) is 1. The number of nitrogens with one attached hydrogen (secondary N) is 3. The smallest absolute Gasteiger partial charge is 0.191 e. The first-order valence-electron chi connectivity index (χ1n) is 7.93. The molecule has 0 saturated carbocycles. The van der Waals surface area contributed by atoms with E-state index in [1.807, 2.05) is 26.1 Å². The van der Waals surface area contributed by atoms with Crippen molar-refractivity contribution in [2.45, 2.75) is 26.3 Å². The molecule has 23 heavy (non-hydrogen) atoms. The second-order valence-corrected chi connectivity index (χ2v) is 5.52. The zero-order valence-electron chi connectivity index (χ0n) is 13.9.